The van der Waals surface area contributed by atoms with E-state index in [1.54, 1.807) is 0 Å². The lowest BCUT2D eigenvalue weighted by molar-refractivity contribution is -0.0450. The minimum absolute atomic E-state index is 0.345. The third-order valence-corrected chi connectivity index (χ3v) is 3.24. The van der Waals surface area contributed by atoms with E-state index >= 15 is 0 Å². The molecule has 0 spiro atoms. The van der Waals surface area contributed by atoms with Crippen molar-refractivity contribution in [2.45, 2.75) is 44.8 Å². The lowest BCUT2D eigenvalue weighted by Crippen LogP contribution is -2.36. The molecule has 1 rings (SSSR count). The van der Waals surface area contributed by atoms with Crippen LogP contribution in [0.5, 0.6) is 0 Å². The Bertz CT molecular complexity index is 178. The van der Waals surface area contributed by atoms with Crippen molar-refractivity contribution in [2.75, 3.05) is 26.2 Å². The SMILES string of the molecule is CC1CCCCC1OCC(O)CNCCN. The Morgan fingerprint density at radius 2 is 2.19 bits per heavy atom. The van der Waals surface area contributed by atoms with Crippen molar-refractivity contribution >= 4 is 0 Å². The summed E-state index contributed by atoms with van der Waals surface area (Å²) in [7, 11) is 0. The average Bonchev–Trinajstić information content (AvgIpc) is 2.28. The van der Waals surface area contributed by atoms with E-state index in [4.69, 9.17) is 10.5 Å². The van der Waals surface area contributed by atoms with Crippen molar-refractivity contribution < 1.29 is 9.84 Å². The van der Waals surface area contributed by atoms with Crippen molar-refractivity contribution in [3.05, 3.63) is 0 Å². The maximum absolute atomic E-state index is 9.66. The number of aliphatic hydroxyl groups excluding tert-OH is 1. The molecule has 4 N–H and O–H groups in total. The smallest absolute Gasteiger partial charge is 0.0897 e. The highest BCUT2D eigenvalue weighted by Crippen LogP contribution is 2.26. The van der Waals surface area contributed by atoms with Crippen LogP contribution in [0, 0.1) is 5.92 Å². The third kappa shape index (κ3) is 5.25. The second kappa shape index (κ2) is 8.01. The molecule has 0 heterocycles. The van der Waals surface area contributed by atoms with E-state index < -0.39 is 6.10 Å². The fourth-order valence-corrected chi connectivity index (χ4v) is 2.19. The molecular weight excluding hydrogens is 204 g/mol. The van der Waals surface area contributed by atoms with Crippen LogP contribution in [0.1, 0.15) is 32.6 Å². The topological polar surface area (TPSA) is 67.5 Å². The molecule has 4 heteroatoms. The lowest BCUT2D eigenvalue weighted by atomic mass is 9.88. The first-order valence-corrected chi connectivity index (χ1v) is 6.44. The Morgan fingerprint density at radius 3 is 2.88 bits per heavy atom. The van der Waals surface area contributed by atoms with E-state index in [9.17, 15) is 5.11 Å². The van der Waals surface area contributed by atoms with E-state index in [-0.39, 0.29) is 0 Å². The monoisotopic (exact) mass is 230 g/mol. The summed E-state index contributed by atoms with van der Waals surface area (Å²) in [5, 5.41) is 12.7. The standard InChI is InChI=1S/C12H26N2O2/c1-10-4-2-3-5-12(10)16-9-11(15)8-14-7-6-13/h10-12,14-15H,2-9,13H2,1H3. The molecule has 0 aromatic carbocycles. The van der Waals surface area contributed by atoms with Gasteiger partial charge < -0.3 is 20.9 Å². The van der Waals surface area contributed by atoms with Gasteiger partial charge in [0.05, 0.1) is 18.8 Å². The van der Waals surface area contributed by atoms with Crippen LogP contribution in [-0.4, -0.2) is 43.6 Å². The molecule has 1 aliphatic carbocycles. The highest BCUT2D eigenvalue weighted by atomic mass is 16.5. The molecule has 0 aromatic rings. The van der Waals surface area contributed by atoms with Crippen LogP contribution in [0.25, 0.3) is 0 Å². The molecule has 0 aromatic heterocycles. The number of nitrogens with one attached hydrogen (secondary N) is 1. The van der Waals surface area contributed by atoms with Gasteiger partial charge in [-0.05, 0) is 18.8 Å². The summed E-state index contributed by atoms with van der Waals surface area (Å²) in [6.45, 7) is 4.60. The first-order valence-electron chi connectivity index (χ1n) is 6.44. The Hall–Kier alpha value is -0.160. The molecule has 1 saturated carbocycles. The lowest BCUT2D eigenvalue weighted by Gasteiger charge is -2.29. The van der Waals surface area contributed by atoms with Crippen LogP contribution in [0.3, 0.4) is 0 Å². The molecule has 3 atom stereocenters. The van der Waals surface area contributed by atoms with Gasteiger partial charge >= 0.3 is 0 Å². The average molecular weight is 230 g/mol. The number of rotatable bonds is 7. The van der Waals surface area contributed by atoms with Gasteiger partial charge in [-0.1, -0.05) is 19.8 Å². The summed E-state index contributed by atoms with van der Waals surface area (Å²) in [5.74, 6) is 0.637. The second-order valence-electron chi connectivity index (χ2n) is 4.78. The van der Waals surface area contributed by atoms with Crippen LogP contribution in [-0.2, 0) is 4.74 Å². The molecule has 16 heavy (non-hydrogen) atoms. The largest absolute Gasteiger partial charge is 0.389 e. The van der Waals surface area contributed by atoms with E-state index in [1.165, 1.54) is 19.3 Å². The van der Waals surface area contributed by atoms with Crippen molar-refractivity contribution in [1.29, 1.82) is 0 Å². The number of hydrogen-bond acceptors (Lipinski definition) is 4. The van der Waals surface area contributed by atoms with Crippen LogP contribution in [0.2, 0.25) is 0 Å². The second-order valence-corrected chi connectivity index (χ2v) is 4.78. The zero-order chi connectivity index (χ0) is 11.8. The molecular formula is C12H26N2O2. The van der Waals surface area contributed by atoms with Crippen molar-refractivity contribution in [3.63, 3.8) is 0 Å². The quantitative estimate of drug-likeness (QED) is 0.557. The predicted molar refractivity (Wildman–Crippen MR) is 65.3 cm³/mol. The molecule has 4 nitrogen and oxygen atoms in total. The number of hydrogen-bond donors (Lipinski definition) is 3. The van der Waals surface area contributed by atoms with Gasteiger partial charge in [-0.2, -0.15) is 0 Å². The fraction of sp³-hybridized carbons (Fsp3) is 1.00. The van der Waals surface area contributed by atoms with E-state index in [0.29, 0.717) is 31.7 Å². The van der Waals surface area contributed by atoms with E-state index in [2.05, 4.69) is 12.2 Å². The summed E-state index contributed by atoms with van der Waals surface area (Å²) in [5.41, 5.74) is 5.35. The number of ether oxygens (including phenoxy) is 1. The molecule has 0 amide bonds. The Kier molecular flexibility index (Phi) is 6.96. The van der Waals surface area contributed by atoms with Gasteiger partial charge in [0.25, 0.3) is 0 Å². The van der Waals surface area contributed by atoms with Crippen LogP contribution in [0.15, 0.2) is 0 Å². The van der Waals surface area contributed by atoms with Gasteiger partial charge in [-0.25, -0.2) is 0 Å². The van der Waals surface area contributed by atoms with Crippen molar-refractivity contribution in [3.8, 4) is 0 Å². The molecule has 3 unspecified atom stereocenters. The zero-order valence-electron chi connectivity index (χ0n) is 10.3. The Balaban J connectivity index is 2.07. The van der Waals surface area contributed by atoms with Crippen LogP contribution >= 0.6 is 0 Å². The Morgan fingerprint density at radius 1 is 1.44 bits per heavy atom. The zero-order valence-corrected chi connectivity index (χ0v) is 10.3. The molecule has 0 aliphatic heterocycles. The fourth-order valence-electron chi connectivity index (χ4n) is 2.19. The van der Waals surface area contributed by atoms with Gasteiger partial charge in [0.1, 0.15) is 0 Å². The maximum atomic E-state index is 9.66. The third-order valence-electron chi connectivity index (χ3n) is 3.24. The molecule has 0 saturated heterocycles. The first kappa shape index (κ1) is 13.9. The van der Waals surface area contributed by atoms with Gasteiger partial charge in [-0.3, -0.25) is 0 Å². The summed E-state index contributed by atoms with van der Waals surface area (Å²) in [6.07, 6.45) is 4.91. The minimum Gasteiger partial charge on any atom is -0.389 e. The summed E-state index contributed by atoms with van der Waals surface area (Å²) >= 11 is 0. The first-order chi connectivity index (χ1) is 7.74. The number of nitrogens with two attached hydrogens (primary N) is 1. The Labute approximate surface area is 98.5 Å². The van der Waals surface area contributed by atoms with Crippen LogP contribution < -0.4 is 11.1 Å². The highest BCUT2D eigenvalue weighted by molar-refractivity contribution is 4.73. The molecule has 1 aliphatic rings. The van der Waals surface area contributed by atoms with Gasteiger partial charge in [-0.15, -0.1) is 0 Å². The summed E-state index contributed by atoms with van der Waals surface area (Å²) in [6, 6.07) is 0. The number of aliphatic hydroxyl groups is 1. The van der Waals surface area contributed by atoms with Gasteiger partial charge in [0.15, 0.2) is 0 Å². The molecule has 0 radical (unpaired) electrons. The molecule has 1 fully saturated rings. The maximum Gasteiger partial charge on any atom is 0.0897 e. The van der Waals surface area contributed by atoms with E-state index in [1.807, 2.05) is 0 Å². The highest BCUT2D eigenvalue weighted by Gasteiger charge is 2.22. The van der Waals surface area contributed by atoms with Crippen molar-refractivity contribution in [2.24, 2.45) is 11.7 Å². The summed E-state index contributed by atoms with van der Waals surface area (Å²) < 4.78 is 5.77. The summed E-state index contributed by atoms with van der Waals surface area (Å²) in [4.78, 5) is 0. The van der Waals surface area contributed by atoms with Crippen molar-refractivity contribution in [1.82, 2.24) is 5.32 Å². The van der Waals surface area contributed by atoms with Gasteiger partial charge in [0, 0.05) is 19.6 Å². The predicted octanol–water partition coefficient (Wildman–Crippen LogP) is 0.491. The van der Waals surface area contributed by atoms with Crippen LogP contribution in [0.4, 0.5) is 0 Å². The van der Waals surface area contributed by atoms with Gasteiger partial charge in [0.2, 0.25) is 0 Å². The molecule has 0 bridgehead atoms. The molecule has 96 valence electrons. The minimum atomic E-state index is -0.416. The normalized spacial score (nSPS) is 27.9. The van der Waals surface area contributed by atoms with E-state index in [0.717, 1.165) is 13.0 Å².